The Labute approximate surface area is 118 Å². The van der Waals surface area contributed by atoms with Crippen LogP contribution in [0.5, 0.6) is 0 Å². The van der Waals surface area contributed by atoms with Gasteiger partial charge in [-0.3, -0.25) is 9.98 Å². The summed E-state index contributed by atoms with van der Waals surface area (Å²) in [7, 11) is 1.72. The zero-order valence-corrected chi connectivity index (χ0v) is 12.0. The van der Waals surface area contributed by atoms with Crippen LogP contribution in [0.3, 0.4) is 0 Å². The van der Waals surface area contributed by atoms with Gasteiger partial charge < -0.3 is 15.1 Å². The number of hydrogen-bond donors (Lipinski definition) is 2. The van der Waals surface area contributed by atoms with Gasteiger partial charge in [-0.1, -0.05) is 6.07 Å². The van der Waals surface area contributed by atoms with Gasteiger partial charge in [0.2, 0.25) is 5.89 Å². The highest BCUT2D eigenvalue weighted by Gasteiger charge is 2.06. The number of rotatable bonds is 4. The minimum Gasteiger partial charge on any atom is -0.444 e. The van der Waals surface area contributed by atoms with E-state index in [1.54, 1.807) is 13.2 Å². The van der Waals surface area contributed by atoms with Crippen LogP contribution in [0.2, 0.25) is 0 Å². The Balaban J connectivity index is 1.84. The number of nitrogens with zero attached hydrogens (tertiary/aromatic N) is 3. The SMILES string of the molecule is CN=C(NCc1ccccn1)NCc1nc(C)c(C)o1. The summed E-state index contributed by atoms with van der Waals surface area (Å²) in [4.78, 5) is 12.7. The molecule has 0 bridgehead atoms. The van der Waals surface area contributed by atoms with E-state index in [4.69, 9.17) is 4.42 Å². The highest BCUT2D eigenvalue weighted by molar-refractivity contribution is 5.79. The minimum atomic E-state index is 0.497. The van der Waals surface area contributed by atoms with Gasteiger partial charge in [-0.05, 0) is 26.0 Å². The fourth-order valence-electron chi connectivity index (χ4n) is 1.67. The Bertz CT molecular complexity index is 557. The minimum absolute atomic E-state index is 0.497. The van der Waals surface area contributed by atoms with Crippen molar-refractivity contribution >= 4 is 5.96 Å². The van der Waals surface area contributed by atoms with Gasteiger partial charge in [0, 0.05) is 13.2 Å². The van der Waals surface area contributed by atoms with E-state index >= 15 is 0 Å². The highest BCUT2D eigenvalue weighted by atomic mass is 16.4. The summed E-state index contributed by atoms with van der Waals surface area (Å²) < 4.78 is 5.50. The third-order valence-corrected chi connectivity index (χ3v) is 2.87. The van der Waals surface area contributed by atoms with Crippen molar-refractivity contribution in [3.05, 3.63) is 47.4 Å². The zero-order chi connectivity index (χ0) is 14.4. The fourth-order valence-corrected chi connectivity index (χ4v) is 1.67. The van der Waals surface area contributed by atoms with E-state index in [1.165, 1.54) is 0 Å². The van der Waals surface area contributed by atoms with Gasteiger partial charge in [0.25, 0.3) is 0 Å². The quantitative estimate of drug-likeness (QED) is 0.653. The molecule has 0 aliphatic carbocycles. The summed E-state index contributed by atoms with van der Waals surface area (Å²) in [5.41, 5.74) is 1.87. The second-order valence-electron chi connectivity index (χ2n) is 4.35. The standard InChI is InChI=1S/C14H19N5O/c1-10-11(2)20-13(19-10)9-18-14(15-3)17-8-12-6-4-5-7-16-12/h4-7H,8-9H2,1-3H3,(H2,15,17,18). The van der Waals surface area contributed by atoms with E-state index in [9.17, 15) is 0 Å². The van der Waals surface area contributed by atoms with E-state index < -0.39 is 0 Å². The monoisotopic (exact) mass is 273 g/mol. The molecule has 0 saturated heterocycles. The first kappa shape index (κ1) is 14.0. The van der Waals surface area contributed by atoms with Crippen LogP contribution in [0, 0.1) is 13.8 Å². The molecule has 106 valence electrons. The third kappa shape index (κ3) is 3.81. The van der Waals surface area contributed by atoms with Crippen molar-refractivity contribution in [3.8, 4) is 0 Å². The number of oxazole rings is 1. The largest absolute Gasteiger partial charge is 0.444 e. The van der Waals surface area contributed by atoms with E-state index in [2.05, 4.69) is 25.6 Å². The molecule has 0 radical (unpaired) electrons. The van der Waals surface area contributed by atoms with Crippen LogP contribution in [-0.4, -0.2) is 23.0 Å². The summed E-state index contributed by atoms with van der Waals surface area (Å²) in [5.74, 6) is 2.18. The lowest BCUT2D eigenvalue weighted by Gasteiger charge is -2.09. The zero-order valence-electron chi connectivity index (χ0n) is 12.0. The number of aliphatic imine (C=N–C) groups is 1. The van der Waals surface area contributed by atoms with Crippen molar-refractivity contribution in [1.82, 2.24) is 20.6 Å². The highest BCUT2D eigenvalue weighted by Crippen LogP contribution is 2.07. The topological polar surface area (TPSA) is 75.3 Å². The Kier molecular flexibility index (Phi) is 4.70. The van der Waals surface area contributed by atoms with Crippen LogP contribution >= 0.6 is 0 Å². The maximum Gasteiger partial charge on any atom is 0.214 e. The second-order valence-corrected chi connectivity index (χ2v) is 4.35. The molecule has 2 aromatic rings. The third-order valence-electron chi connectivity index (χ3n) is 2.87. The van der Waals surface area contributed by atoms with Gasteiger partial charge in [0.1, 0.15) is 5.76 Å². The number of nitrogens with one attached hydrogen (secondary N) is 2. The van der Waals surface area contributed by atoms with Crippen LogP contribution in [-0.2, 0) is 13.1 Å². The Morgan fingerprint density at radius 3 is 2.65 bits per heavy atom. The molecule has 6 heteroatoms. The van der Waals surface area contributed by atoms with Gasteiger partial charge in [0.15, 0.2) is 5.96 Å². The molecule has 0 aliphatic rings. The van der Waals surface area contributed by atoms with Crippen molar-refractivity contribution in [2.75, 3.05) is 7.05 Å². The molecule has 2 aromatic heterocycles. The molecular weight excluding hydrogens is 254 g/mol. The predicted molar refractivity (Wildman–Crippen MR) is 77.3 cm³/mol. The normalized spacial score (nSPS) is 11.4. The van der Waals surface area contributed by atoms with Crippen LogP contribution in [0.1, 0.15) is 23.0 Å². The van der Waals surface area contributed by atoms with Crippen LogP contribution in [0.4, 0.5) is 0 Å². The number of pyridine rings is 1. The lowest BCUT2D eigenvalue weighted by atomic mass is 10.3. The molecular formula is C14H19N5O. The Morgan fingerprint density at radius 2 is 2.05 bits per heavy atom. The van der Waals surface area contributed by atoms with Gasteiger partial charge >= 0.3 is 0 Å². The van der Waals surface area contributed by atoms with Crippen molar-refractivity contribution in [2.24, 2.45) is 4.99 Å². The number of aromatic nitrogens is 2. The second kappa shape index (κ2) is 6.70. The molecule has 0 unspecified atom stereocenters. The van der Waals surface area contributed by atoms with E-state index in [0.29, 0.717) is 24.9 Å². The van der Waals surface area contributed by atoms with Gasteiger partial charge in [-0.25, -0.2) is 4.98 Å². The Morgan fingerprint density at radius 1 is 1.25 bits per heavy atom. The first-order valence-corrected chi connectivity index (χ1v) is 6.46. The smallest absolute Gasteiger partial charge is 0.214 e. The maximum absolute atomic E-state index is 5.50. The lowest BCUT2D eigenvalue weighted by Crippen LogP contribution is -2.36. The Hall–Kier alpha value is -2.37. The van der Waals surface area contributed by atoms with Crippen LogP contribution in [0.15, 0.2) is 33.8 Å². The molecule has 0 atom stereocenters. The molecule has 0 aromatic carbocycles. The number of hydrogen-bond acceptors (Lipinski definition) is 4. The van der Waals surface area contributed by atoms with Crippen molar-refractivity contribution in [1.29, 1.82) is 0 Å². The van der Waals surface area contributed by atoms with Gasteiger partial charge in [0.05, 0.1) is 24.5 Å². The summed E-state index contributed by atoms with van der Waals surface area (Å²) in [6, 6.07) is 5.81. The molecule has 2 heterocycles. The van der Waals surface area contributed by atoms with E-state index in [1.807, 2.05) is 32.0 Å². The van der Waals surface area contributed by atoms with Crippen molar-refractivity contribution in [2.45, 2.75) is 26.9 Å². The molecule has 2 N–H and O–H groups in total. The summed E-state index contributed by atoms with van der Waals surface area (Å²) in [6.07, 6.45) is 1.77. The van der Waals surface area contributed by atoms with Crippen molar-refractivity contribution < 1.29 is 4.42 Å². The van der Waals surface area contributed by atoms with E-state index in [-0.39, 0.29) is 0 Å². The summed E-state index contributed by atoms with van der Waals surface area (Å²) in [5, 5.41) is 6.34. The average molecular weight is 273 g/mol. The fraction of sp³-hybridized carbons (Fsp3) is 0.357. The van der Waals surface area contributed by atoms with Crippen LogP contribution in [0.25, 0.3) is 0 Å². The average Bonchev–Trinajstić information content (AvgIpc) is 2.79. The molecule has 6 nitrogen and oxygen atoms in total. The van der Waals surface area contributed by atoms with E-state index in [0.717, 1.165) is 17.1 Å². The first-order chi connectivity index (χ1) is 9.69. The predicted octanol–water partition coefficient (Wildman–Crippen LogP) is 1.55. The number of guanidine groups is 1. The van der Waals surface area contributed by atoms with Crippen molar-refractivity contribution in [3.63, 3.8) is 0 Å². The molecule has 2 rings (SSSR count). The molecule has 0 saturated carbocycles. The van der Waals surface area contributed by atoms with Gasteiger partial charge in [-0.15, -0.1) is 0 Å². The van der Waals surface area contributed by atoms with Crippen LogP contribution < -0.4 is 10.6 Å². The first-order valence-electron chi connectivity index (χ1n) is 6.46. The molecule has 0 aliphatic heterocycles. The lowest BCUT2D eigenvalue weighted by molar-refractivity contribution is 0.463. The van der Waals surface area contributed by atoms with Gasteiger partial charge in [-0.2, -0.15) is 0 Å². The molecule has 0 spiro atoms. The summed E-state index contributed by atoms with van der Waals surface area (Å²) >= 11 is 0. The molecule has 20 heavy (non-hydrogen) atoms. The number of aryl methyl sites for hydroxylation is 2. The summed E-state index contributed by atoms with van der Waals surface area (Å²) in [6.45, 7) is 4.94. The molecule has 0 fully saturated rings. The molecule has 0 amide bonds. The maximum atomic E-state index is 5.50.